The van der Waals surface area contributed by atoms with Gasteiger partial charge in [0, 0.05) is 45.0 Å². The first kappa shape index (κ1) is 31.4. The Morgan fingerprint density at radius 2 is 1.71 bits per heavy atom. The highest BCUT2D eigenvalue weighted by molar-refractivity contribution is 5.86. The number of nitrogens with zero attached hydrogens (tertiary/aromatic N) is 5. The Bertz CT molecular complexity index is 1270. The molecule has 0 fully saturated rings. The van der Waals surface area contributed by atoms with Crippen LogP contribution in [0.25, 0.3) is 0 Å². The predicted molar refractivity (Wildman–Crippen MR) is 158 cm³/mol. The van der Waals surface area contributed by atoms with Crippen molar-refractivity contribution in [3.8, 4) is 6.07 Å². The zero-order valence-electron chi connectivity index (χ0n) is 25.2. The third-order valence-electron chi connectivity index (χ3n) is 6.86. The molecule has 1 heterocycles. The van der Waals surface area contributed by atoms with Crippen LogP contribution in [-0.2, 0) is 27.4 Å². The van der Waals surface area contributed by atoms with Crippen LogP contribution >= 0.6 is 0 Å². The molecule has 0 radical (unpaired) electrons. The zero-order valence-corrected chi connectivity index (χ0v) is 25.2. The van der Waals surface area contributed by atoms with E-state index in [1.165, 1.54) is 11.1 Å². The van der Waals surface area contributed by atoms with Crippen LogP contribution in [0.4, 0.5) is 10.5 Å². The number of rotatable bonds is 10. The van der Waals surface area contributed by atoms with Crippen molar-refractivity contribution in [3.63, 3.8) is 0 Å². The number of benzene rings is 2. The van der Waals surface area contributed by atoms with Gasteiger partial charge in [0.25, 0.3) is 5.91 Å². The van der Waals surface area contributed by atoms with E-state index in [4.69, 9.17) is 4.74 Å². The van der Waals surface area contributed by atoms with Crippen LogP contribution in [0.5, 0.6) is 0 Å². The lowest BCUT2D eigenvalue weighted by molar-refractivity contribution is -0.145. The summed E-state index contributed by atoms with van der Waals surface area (Å²) < 4.78 is 5.50. The number of fused-ring (bicyclic) bond motifs is 1. The van der Waals surface area contributed by atoms with Crippen molar-refractivity contribution in [3.05, 3.63) is 64.7 Å². The fourth-order valence-electron chi connectivity index (χ4n) is 4.68. The molecule has 220 valence electrons. The number of carbonyl (C=O) groups is 3. The number of amides is 3. The molecule has 3 rings (SSSR count). The standard InChI is InChI=1S/C31H42N6O4/c1-22(2)37(30(40)41-31(4,5)6)15-14-33-28(38)20-35(27-13-12-24(17-32)16-23(27)3)21-29(39)34(7)36-18-25-10-8-9-11-26(25)19-36/h8-13,16,22H,14-15,18-21H2,1-7H3,(H,33,38). The van der Waals surface area contributed by atoms with E-state index in [1.807, 2.05) is 58.7 Å². The maximum atomic E-state index is 13.4. The van der Waals surface area contributed by atoms with Gasteiger partial charge in [0.2, 0.25) is 5.91 Å². The molecule has 0 spiro atoms. The number of ether oxygens (including phenoxy) is 1. The van der Waals surface area contributed by atoms with Crippen molar-refractivity contribution in [2.24, 2.45) is 0 Å². The molecule has 0 unspecified atom stereocenters. The van der Waals surface area contributed by atoms with Gasteiger partial charge < -0.3 is 19.9 Å². The summed E-state index contributed by atoms with van der Waals surface area (Å²) in [5.41, 5.74) is 3.75. The van der Waals surface area contributed by atoms with E-state index in [1.54, 1.807) is 40.1 Å². The fraction of sp³-hybridized carbons (Fsp3) is 0.484. The van der Waals surface area contributed by atoms with Gasteiger partial charge >= 0.3 is 6.09 Å². The third-order valence-corrected chi connectivity index (χ3v) is 6.86. The van der Waals surface area contributed by atoms with Gasteiger partial charge in [-0.15, -0.1) is 0 Å². The first-order valence-corrected chi connectivity index (χ1v) is 13.9. The van der Waals surface area contributed by atoms with Gasteiger partial charge in [0.15, 0.2) is 0 Å². The van der Waals surface area contributed by atoms with Gasteiger partial charge in [-0.25, -0.2) is 9.80 Å². The number of nitrogens with one attached hydrogen (secondary N) is 1. The van der Waals surface area contributed by atoms with E-state index in [9.17, 15) is 19.6 Å². The van der Waals surface area contributed by atoms with Crippen LogP contribution in [0.2, 0.25) is 0 Å². The molecule has 41 heavy (non-hydrogen) atoms. The number of aryl methyl sites for hydroxylation is 1. The lowest BCUT2D eigenvalue weighted by atomic mass is 10.1. The van der Waals surface area contributed by atoms with E-state index in [0.29, 0.717) is 24.3 Å². The van der Waals surface area contributed by atoms with Crippen molar-refractivity contribution in [1.82, 2.24) is 20.2 Å². The molecule has 0 aromatic heterocycles. The molecule has 0 aliphatic carbocycles. The summed E-state index contributed by atoms with van der Waals surface area (Å²) in [6.07, 6.45) is -0.436. The van der Waals surface area contributed by atoms with Gasteiger partial charge in [-0.3, -0.25) is 14.6 Å². The number of nitriles is 1. The molecule has 2 aromatic rings. The topological polar surface area (TPSA) is 109 Å². The molecular formula is C31H42N6O4. The second kappa shape index (κ2) is 13.5. The summed E-state index contributed by atoms with van der Waals surface area (Å²) >= 11 is 0. The normalized spacial score (nSPS) is 12.9. The van der Waals surface area contributed by atoms with E-state index in [0.717, 1.165) is 5.56 Å². The minimum Gasteiger partial charge on any atom is -0.444 e. The fourth-order valence-corrected chi connectivity index (χ4v) is 4.68. The first-order chi connectivity index (χ1) is 19.3. The van der Waals surface area contributed by atoms with E-state index < -0.39 is 11.7 Å². The van der Waals surface area contributed by atoms with Gasteiger partial charge in [-0.2, -0.15) is 5.26 Å². The monoisotopic (exact) mass is 562 g/mol. The van der Waals surface area contributed by atoms with Gasteiger partial charge in [0.1, 0.15) is 5.60 Å². The molecule has 2 aromatic carbocycles. The molecule has 1 aliphatic heterocycles. The summed E-state index contributed by atoms with van der Waals surface area (Å²) in [6, 6.07) is 15.3. The molecule has 1 aliphatic rings. The van der Waals surface area contributed by atoms with Crippen LogP contribution in [0, 0.1) is 18.3 Å². The molecular weight excluding hydrogens is 520 g/mol. The zero-order chi connectivity index (χ0) is 30.3. The Morgan fingerprint density at radius 3 is 2.24 bits per heavy atom. The minimum atomic E-state index is -0.621. The molecule has 3 amide bonds. The number of likely N-dealkylation sites (N-methyl/N-ethyl adjacent to an activating group) is 1. The smallest absolute Gasteiger partial charge is 0.410 e. The lowest BCUT2D eigenvalue weighted by Gasteiger charge is -2.32. The highest BCUT2D eigenvalue weighted by Crippen LogP contribution is 2.25. The molecule has 0 bridgehead atoms. The summed E-state index contributed by atoms with van der Waals surface area (Å²) in [5.74, 6) is -0.448. The second-order valence-electron chi connectivity index (χ2n) is 11.6. The van der Waals surface area contributed by atoms with Gasteiger partial charge in [0.05, 0.1) is 24.7 Å². The van der Waals surface area contributed by atoms with Crippen molar-refractivity contribution in [1.29, 1.82) is 5.26 Å². The van der Waals surface area contributed by atoms with E-state index in [-0.39, 0.29) is 44.0 Å². The number of hydrazine groups is 1. The number of carbonyl (C=O) groups excluding carboxylic acids is 3. The SMILES string of the molecule is Cc1cc(C#N)ccc1N(CC(=O)NCCN(C(=O)OC(C)(C)C)C(C)C)CC(=O)N(C)N1Cc2ccccc2C1. The van der Waals surface area contributed by atoms with Crippen LogP contribution in [0.3, 0.4) is 0 Å². The van der Waals surface area contributed by atoms with Crippen LogP contribution in [0.1, 0.15) is 56.9 Å². The quantitative estimate of drug-likeness (QED) is 0.469. The van der Waals surface area contributed by atoms with E-state index >= 15 is 0 Å². The molecule has 0 saturated heterocycles. The highest BCUT2D eigenvalue weighted by atomic mass is 16.6. The van der Waals surface area contributed by atoms with Crippen LogP contribution in [-0.4, -0.2) is 77.7 Å². The van der Waals surface area contributed by atoms with Gasteiger partial charge in [-0.05, 0) is 76.4 Å². The number of hydrogen-bond acceptors (Lipinski definition) is 7. The third kappa shape index (κ3) is 8.69. The molecule has 0 atom stereocenters. The maximum Gasteiger partial charge on any atom is 0.410 e. The number of hydrogen-bond donors (Lipinski definition) is 1. The van der Waals surface area contributed by atoms with Crippen LogP contribution < -0.4 is 10.2 Å². The largest absolute Gasteiger partial charge is 0.444 e. The van der Waals surface area contributed by atoms with Crippen molar-refractivity contribution in [2.45, 2.75) is 66.3 Å². The summed E-state index contributed by atoms with van der Waals surface area (Å²) in [5, 5.41) is 15.8. The van der Waals surface area contributed by atoms with Crippen molar-refractivity contribution < 1.29 is 19.1 Å². The lowest BCUT2D eigenvalue weighted by Crippen LogP contribution is -2.49. The van der Waals surface area contributed by atoms with Crippen molar-refractivity contribution >= 4 is 23.6 Å². The minimum absolute atomic E-state index is 0.0282. The van der Waals surface area contributed by atoms with E-state index in [2.05, 4.69) is 23.5 Å². The highest BCUT2D eigenvalue weighted by Gasteiger charge is 2.28. The first-order valence-electron chi connectivity index (χ1n) is 13.9. The molecule has 10 nitrogen and oxygen atoms in total. The summed E-state index contributed by atoms with van der Waals surface area (Å²) in [7, 11) is 1.75. The Hall–Kier alpha value is -4.10. The number of anilines is 1. The average molecular weight is 563 g/mol. The Balaban J connectivity index is 1.68. The molecule has 10 heteroatoms. The van der Waals surface area contributed by atoms with Crippen molar-refractivity contribution in [2.75, 3.05) is 38.1 Å². The van der Waals surface area contributed by atoms with Crippen LogP contribution in [0.15, 0.2) is 42.5 Å². The summed E-state index contributed by atoms with van der Waals surface area (Å²) in [4.78, 5) is 42.4. The molecule has 0 saturated carbocycles. The van der Waals surface area contributed by atoms with Gasteiger partial charge in [-0.1, -0.05) is 24.3 Å². The summed E-state index contributed by atoms with van der Waals surface area (Å²) in [6.45, 7) is 12.8. The predicted octanol–water partition coefficient (Wildman–Crippen LogP) is 3.82. The maximum absolute atomic E-state index is 13.4. The Kier molecular flexibility index (Phi) is 10.4. The Labute approximate surface area is 243 Å². The Morgan fingerprint density at radius 1 is 1.07 bits per heavy atom. The second-order valence-corrected chi connectivity index (χ2v) is 11.6. The molecule has 1 N–H and O–H groups in total. The average Bonchev–Trinajstić information content (AvgIpc) is 3.33.